The van der Waals surface area contributed by atoms with Gasteiger partial charge in [0.1, 0.15) is 0 Å². The lowest BCUT2D eigenvalue weighted by Crippen LogP contribution is -2.41. The number of hydrogen-bond donors (Lipinski definition) is 4. The number of amides is 3. The number of carbonyl (C=O) groups excluding carboxylic acids is 2. The predicted molar refractivity (Wildman–Crippen MR) is 86.3 cm³/mol. The summed E-state index contributed by atoms with van der Waals surface area (Å²) in [5.74, 6) is -0.0847. The second-order valence-corrected chi connectivity index (χ2v) is 5.92. The number of anilines is 1. The Morgan fingerprint density at radius 2 is 2.00 bits per heavy atom. The van der Waals surface area contributed by atoms with E-state index in [4.69, 9.17) is 11.5 Å². The van der Waals surface area contributed by atoms with Crippen molar-refractivity contribution in [1.29, 1.82) is 0 Å². The van der Waals surface area contributed by atoms with Gasteiger partial charge in [-0.25, -0.2) is 4.79 Å². The van der Waals surface area contributed by atoms with Gasteiger partial charge in [0.15, 0.2) is 0 Å². The fraction of sp³-hybridized carbons (Fsp3) is 0.500. The summed E-state index contributed by atoms with van der Waals surface area (Å²) in [6, 6.07) is 7.28. The van der Waals surface area contributed by atoms with Gasteiger partial charge in [0, 0.05) is 12.2 Å². The number of urea groups is 1. The summed E-state index contributed by atoms with van der Waals surface area (Å²) < 4.78 is 0. The monoisotopic (exact) mass is 304 g/mol. The molecule has 6 N–H and O–H groups in total. The summed E-state index contributed by atoms with van der Waals surface area (Å²) >= 11 is 0. The molecule has 3 amide bonds. The molecular weight excluding hydrogens is 280 g/mol. The van der Waals surface area contributed by atoms with E-state index >= 15 is 0 Å². The van der Waals surface area contributed by atoms with Gasteiger partial charge < -0.3 is 22.1 Å². The molecule has 1 saturated carbocycles. The van der Waals surface area contributed by atoms with Gasteiger partial charge in [-0.3, -0.25) is 4.79 Å². The maximum atomic E-state index is 12.3. The summed E-state index contributed by atoms with van der Waals surface area (Å²) in [4.78, 5) is 22.9. The maximum absolute atomic E-state index is 12.3. The van der Waals surface area contributed by atoms with Crippen LogP contribution in [0.15, 0.2) is 24.3 Å². The molecule has 0 aliphatic heterocycles. The summed E-state index contributed by atoms with van der Waals surface area (Å²) in [6.07, 6.45) is 3.41. The quantitative estimate of drug-likeness (QED) is 0.610. The van der Waals surface area contributed by atoms with E-state index in [1.807, 2.05) is 24.3 Å². The zero-order valence-electron chi connectivity index (χ0n) is 12.9. The molecule has 0 spiro atoms. The molecule has 1 aliphatic rings. The average Bonchev–Trinajstić information content (AvgIpc) is 3.13. The van der Waals surface area contributed by atoms with E-state index in [0.717, 1.165) is 18.5 Å². The normalized spacial score (nSPS) is 22.9. The number of carbonyl (C=O) groups is 2. The standard InChI is InChI=1S/C16H24N4O2/c1-2-3-11-4-6-13(7-5-11)20-14(21)16(18)10-12(16)8-9-19-15(17)22/h4-7,12H,2-3,8-10,18H2,1H3,(H,20,21)(H3,17,19,22)/t12-,16?/m1/s1. The lowest BCUT2D eigenvalue weighted by Gasteiger charge is -2.13. The molecule has 0 bridgehead atoms. The van der Waals surface area contributed by atoms with E-state index in [9.17, 15) is 9.59 Å². The first-order valence-electron chi connectivity index (χ1n) is 7.68. The van der Waals surface area contributed by atoms with Crippen LogP contribution in [0.3, 0.4) is 0 Å². The van der Waals surface area contributed by atoms with Crippen LogP contribution in [0.4, 0.5) is 10.5 Å². The Labute approximate surface area is 130 Å². The second-order valence-electron chi connectivity index (χ2n) is 5.92. The second kappa shape index (κ2) is 6.79. The van der Waals surface area contributed by atoms with Gasteiger partial charge >= 0.3 is 6.03 Å². The van der Waals surface area contributed by atoms with Gasteiger partial charge in [-0.2, -0.15) is 0 Å². The zero-order chi connectivity index (χ0) is 16.2. The van der Waals surface area contributed by atoms with Crippen LogP contribution in [0.25, 0.3) is 0 Å². The van der Waals surface area contributed by atoms with Gasteiger partial charge in [0.2, 0.25) is 5.91 Å². The van der Waals surface area contributed by atoms with Crippen molar-refractivity contribution in [2.24, 2.45) is 17.4 Å². The summed E-state index contributed by atoms with van der Waals surface area (Å²) in [6.45, 7) is 2.58. The van der Waals surface area contributed by atoms with E-state index in [1.54, 1.807) is 0 Å². The number of hydrogen-bond acceptors (Lipinski definition) is 3. The van der Waals surface area contributed by atoms with Crippen LogP contribution in [0.1, 0.15) is 31.7 Å². The van der Waals surface area contributed by atoms with Gasteiger partial charge in [-0.1, -0.05) is 25.5 Å². The van der Waals surface area contributed by atoms with E-state index in [1.165, 1.54) is 5.56 Å². The molecule has 0 saturated heterocycles. The Balaban J connectivity index is 1.83. The van der Waals surface area contributed by atoms with E-state index in [-0.39, 0.29) is 11.8 Å². The number of nitrogens with two attached hydrogens (primary N) is 2. The van der Waals surface area contributed by atoms with Gasteiger partial charge in [0.05, 0.1) is 5.54 Å². The molecule has 1 unspecified atom stereocenters. The third-order valence-electron chi connectivity index (χ3n) is 4.12. The van der Waals surface area contributed by atoms with E-state index in [2.05, 4.69) is 17.6 Å². The highest BCUT2D eigenvalue weighted by Gasteiger charge is 2.56. The minimum atomic E-state index is -0.832. The number of benzene rings is 1. The third-order valence-corrected chi connectivity index (χ3v) is 4.12. The molecule has 2 rings (SSSR count). The van der Waals surface area contributed by atoms with Crippen LogP contribution in [0.2, 0.25) is 0 Å². The van der Waals surface area contributed by atoms with Crippen LogP contribution >= 0.6 is 0 Å². The van der Waals surface area contributed by atoms with Crippen molar-refractivity contribution < 1.29 is 9.59 Å². The smallest absolute Gasteiger partial charge is 0.312 e. The average molecular weight is 304 g/mol. The van der Waals surface area contributed by atoms with Crippen molar-refractivity contribution >= 4 is 17.6 Å². The number of primary amides is 1. The van der Waals surface area contributed by atoms with Gasteiger partial charge in [-0.15, -0.1) is 0 Å². The Morgan fingerprint density at radius 3 is 2.59 bits per heavy atom. The van der Waals surface area contributed by atoms with E-state index < -0.39 is 11.6 Å². The van der Waals surface area contributed by atoms with Gasteiger partial charge in [0.25, 0.3) is 0 Å². The molecule has 1 aliphatic carbocycles. The van der Waals surface area contributed by atoms with Crippen molar-refractivity contribution in [3.63, 3.8) is 0 Å². The Kier molecular flexibility index (Phi) is 5.03. The molecular formula is C16H24N4O2. The Bertz CT molecular complexity index is 544. The van der Waals surface area contributed by atoms with Crippen molar-refractivity contribution in [3.8, 4) is 0 Å². The van der Waals surface area contributed by atoms with Crippen LogP contribution in [0.5, 0.6) is 0 Å². The molecule has 2 atom stereocenters. The molecule has 6 nitrogen and oxygen atoms in total. The Morgan fingerprint density at radius 1 is 1.32 bits per heavy atom. The minimum Gasteiger partial charge on any atom is -0.352 e. The van der Waals surface area contributed by atoms with Crippen LogP contribution in [-0.2, 0) is 11.2 Å². The highest BCUT2D eigenvalue weighted by atomic mass is 16.2. The molecule has 1 aromatic rings. The largest absolute Gasteiger partial charge is 0.352 e. The van der Waals surface area contributed by atoms with Crippen LogP contribution in [0, 0.1) is 5.92 Å². The first-order chi connectivity index (χ1) is 10.5. The molecule has 22 heavy (non-hydrogen) atoms. The first-order valence-corrected chi connectivity index (χ1v) is 7.68. The molecule has 1 aromatic carbocycles. The maximum Gasteiger partial charge on any atom is 0.312 e. The number of aryl methyl sites for hydroxylation is 1. The van der Waals surface area contributed by atoms with Crippen molar-refractivity contribution in [2.75, 3.05) is 11.9 Å². The summed E-state index contributed by atoms with van der Waals surface area (Å²) in [5, 5.41) is 5.38. The number of rotatable bonds is 7. The van der Waals surface area contributed by atoms with E-state index in [0.29, 0.717) is 19.4 Å². The lowest BCUT2D eigenvalue weighted by molar-refractivity contribution is -0.118. The van der Waals surface area contributed by atoms with Crippen LogP contribution < -0.4 is 22.1 Å². The molecule has 6 heteroatoms. The Hall–Kier alpha value is -2.08. The molecule has 0 radical (unpaired) electrons. The highest BCUT2D eigenvalue weighted by Crippen LogP contribution is 2.44. The number of nitrogens with one attached hydrogen (secondary N) is 2. The first kappa shape index (κ1) is 16.3. The molecule has 120 valence electrons. The SMILES string of the molecule is CCCc1ccc(NC(=O)C2(N)C[C@H]2CCNC(N)=O)cc1. The molecule has 0 heterocycles. The summed E-state index contributed by atoms with van der Waals surface area (Å²) in [7, 11) is 0. The fourth-order valence-corrected chi connectivity index (χ4v) is 2.65. The van der Waals surface area contributed by atoms with Crippen LogP contribution in [-0.4, -0.2) is 24.0 Å². The predicted octanol–water partition coefficient (Wildman–Crippen LogP) is 1.35. The fourth-order valence-electron chi connectivity index (χ4n) is 2.65. The lowest BCUT2D eigenvalue weighted by atomic mass is 10.1. The molecule has 1 fully saturated rings. The van der Waals surface area contributed by atoms with Crippen molar-refractivity contribution in [1.82, 2.24) is 5.32 Å². The summed E-state index contributed by atoms with van der Waals surface area (Å²) in [5.41, 5.74) is 12.3. The topological polar surface area (TPSA) is 110 Å². The molecule has 0 aromatic heterocycles. The third kappa shape index (κ3) is 3.98. The zero-order valence-corrected chi connectivity index (χ0v) is 12.9. The minimum absolute atomic E-state index is 0.0821. The van der Waals surface area contributed by atoms with Crippen molar-refractivity contribution in [2.45, 2.75) is 38.1 Å². The van der Waals surface area contributed by atoms with Crippen molar-refractivity contribution in [3.05, 3.63) is 29.8 Å². The highest BCUT2D eigenvalue weighted by molar-refractivity contribution is 6.00. The van der Waals surface area contributed by atoms with Gasteiger partial charge in [-0.05, 0) is 42.9 Å².